The highest BCUT2D eigenvalue weighted by atomic mass is 16.3. The summed E-state index contributed by atoms with van der Waals surface area (Å²) < 4.78 is 0. The summed E-state index contributed by atoms with van der Waals surface area (Å²) in [5, 5.41) is 9.39. The average Bonchev–Trinajstić information content (AvgIpc) is 2.21. The average molecular weight is 214 g/mol. The number of hydrogen-bond acceptors (Lipinski definition) is 3. The van der Waals surface area contributed by atoms with Gasteiger partial charge in [0.25, 0.3) is 0 Å². The zero-order valence-electron chi connectivity index (χ0n) is 10.4. The number of nitrogens with zero attached hydrogens (tertiary/aromatic N) is 1. The third-order valence-corrected chi connectivity index (χ3v) is 3.77. The SMILES string of the molecule is CCC(N)C(CO)N1CCC(C)(C)CC1. The zero-order valence-corrected chi connectivity index (χ0v) is 10.4. The molecule has 2 unspecified atom stereocenters. The van der Waals surface area contributed by atoms with Crippen molar-refractivity contribution in [2.24, 2.45) is 11.1 Å². The summed E-state index contributed by atoms with van der Waals surface area (Å²) in [5.41, 5.74) is 6.49. The van der Waals surface area contributed by atoms with E-state index in [4.69, 9.17) is 5.73 Å². The Kier molecular flexibility index (Phi) is 4.56. The molecule has 0 spiro atoms. The highest BCUT2D eigenvalue weighted by Gasteiger charge is 2.30. The molecule has 1 aliphatic heterocycles. The van der Waals surface area contributed by atoms with E-state index < -0.39 is 0 Å². The highest BCUT2D eigenvalue weighted by Crippen LogP contribution is 2.30. The largest absolute Gasteiger partial charge is 0.395 e. The molecular formula is C12H26N2O. The first kappa shape index (κ1) is 12.9. The van der Waals surface area contributed by atoms with Crippen LogP contribution in [0.15, 0.2) is 0 Å². The Bertz CT molecular complexity index is 184. The second kappa shape index (κ2) is 5.28. The Morgan fingerprint density at radius 1 is 1.33 bits per heavy atom. The van der Waals surface area contributed by atoms with Crippen LogP contribution in [0.25, 0.3) is 0 Å². The highest BCUT2D eigenvalue weighted by molar-refractivity contribution is 4.86. The van der Waals surface area contributed by atoms with Crippen molar-refractivity contribution in [3.8, 4) is 0 Å². The van der Waals surface area contributed by atoms with Crippen LogP contribution in [0.5, 0.6) is 0 Å². The topological polar surface area (TPSA) is 49.5 Å². The monoisotopic (exact) mass is 214 g/mol. The number of aliphatic hydroxyl groups excluding tert-OH is 1. The minimum absolute atomic E-state index is 0.108. The predicted octanol–water partition coefficient (Wildman–Crippen LogP) is 1.21. The molecule has 3 nitrogen and oxygen atoms in total. The fourth-order valence-electron chi connectivity index (χ4n) is 2.25. The Hall–Kier alpha value is -0.120. The normalized spacial score (nSPS) is 26.2. The molecule has 0 bridgehead atoms. The van der Waals surface area contributed by atoms with Gasteiger partial charge in [-0.1, -0.05) is 20.8 Å². The molecule has 1 saturated heterocycles. The molecule has 1 aliphatic rings. The van der Waals surface area contributed by atoms with Crippen molar-refractivity contribution in [2.45, 2.75) is 52.1 Å². The van der Waals surface area contributed by atoms with Gasteiger partial charge in [-0.2, -0.15) is 0 Å². The number of aliphatic hydroxyl groups is 1. The van der Waals surface area contributed by atoms with Crippen molar-refractivity contribution >= 4 is 0 Å². The molecule has 1 fully saturated rings. The molecule has 0 saturated carbocycles. The van der Waals surface area contributed by atoms with Gasteiger partial charge >= 0.3 is 0 Å². The quantitative estimate of drug-likeness (QED) is 0.739. The first-order valence-electron chi connectivity index (χ1n) is 6.10. The lowest BCUT2D eigenvalue weighted by atomic mass is 9.82. The van der Waals surface area contributed by atoms with Gasteiger partial charge in [0, 0.05) is 12.1 Å². The van der Waals surface area contributed by atoms with Crippen molar-refractivity contribution in [1.82, 2.24) is 4.90 Å². The fraction of sp³-hybridized carbons (Fsp3) is 1.00. The second-order valence-corrected chi connectivity index (χ2v) is 5.52. The number of hydrogen-bond donors (Lipinski definition) is 2. The number of nitrogens with two attached hydrogens (primary N) is 1. The first-order chi connectivity index (χ1) is 7.00. The van der Waals surface area contributed by atoms with E-state index in [1.165, 1.54) is 12.8 Å². The van der Waals surface area contributed by atoms with Gasteiger partial charge in [0.1, 0.15) is 0 Å². The number of rotatable bonds is 4. The third kappa shape index (κ3) is 3.44. The maximum absolute atomic E-state index is 9.39. The molecule has 3 heteroatoms. The van der Waals surface area contributed by atoms with E-state index in [9.17, 15) is 5.11 Å². The van der Waals surface area contributed by atoms with Crippen molar-refractivity contribution in [3.05, 3.63) is 0 Å². The lowest BCUT2D eigenvalue weighted by Crippen LogP contribution is -2.53. The van der Waals surface area contributed by atoms with Gasteiger partial charge in [0.2, 0.25) is 0 Å². The lowest BCUT2D eigenvalue weighted by Gasteiger charge is -2.42. The Labute approximate surface area is 93.6 Å². The Balaban J connectivity index is 2.50. The lowest BCUT2D eigenvalue weighted by molar-refractivity contribution is 0.0497. The summed E-state index contributed by atoms with van der Waals surface area (Å²) in [6.45, 7) is 9.06. The summed E-state index contributed by atoms with van der Waals surface area (Å²) in [7, 11) is 0. The van der Waals surface area contributed by atoms with Gasteiger partial charge in [0.15, 0.2) is 0 Å². The summed E-state index contributed by atoms with van der Waals surface area (Å²) in [6, 6.07) is 0.266. The summed E-state index contributed by atoms with van der Waals surface area (Å²) in [4.78, 5) is 2.36. The number of piperidine rings is 1. The van der Waals surface area contributed by atoms with Crippen LogP contribution in [0.2, 0.25) is 0 Å². The van der Waals surface area contributed by atoms with Crippen molar-refractivity contribution in [1.29, 1.82) is 0 Å². The van der Waals surface area contributed by atoms with Crippen LogP contribution in [0.1, 0.15) is 40.0 Å². The fourth-order valence-corrected chi connectivity index (χ4v) is 2.25. The van der Waals surface area contributed by atoms with Crippen LogP contribution < -0.4 is 5.73 Å². The van der Waals surface area contributed by atoms with Crippen LogP contribution >= 0.6 is 0 Å². The van der Waals surface area contributed by atoms with Crippen LogP contribution in [-0.2, 0) is 0 Å². The predicted molar refractivity (Wildman–Crippen MR) is 63.7 cm³/mol. The Morgan fingerprint density at radius 3 is 2.27 bits per heavy atom. The molecule has 0 radical (unpaired) electrons. The van der Waals surface area contributed by atoms with Crippen molar-refractivity contribution in [3.63, 3.8) is 0 Å². The zero-order chi connectivity index (χ0) is 11.5. The van der Waals surface area contributed by atoms with E-state index in [1.807, 2.05) is 0 Å². The molecule has 2 atom stereocenters. The minimum atomic E-state index is 0.108. The summed E-state index contributed by atoms with van der Waals surface area (Å²) in [5.74, 6) is 0. The molecule has 0 aromatic heterocycles. The van der Waals surface area contributed by atoms with Gasteiger partial charge < -0.3 is 10.8 Å². The first-order valence-corrected chi connectivity index (χ1v) is 6.10. The molecule has 1 heterocycles. The summed E-state index contributed by atoms with van der Waals surface area (Å²) >= 11 is 0. The molecule has 3 N–H and O–H groups in total. The second-order valence-electron chi connectivity index (χ2n) is 5.52. The smallest absolute Gasteiger partial charge is 0.0601 e. The molecular weight excluding hydrogens is 188 g/mol. The summed E-state index contributed by atoms with van der Waals surface area (Å²) in [6.07, 6.45) is 3.35. The minimum Gasteiger partial charge on any atom is -0.395 e. The van der Waals surface area contributed by atoms with Crippen molar-refractivity contribution in [2.75, 3.05) is 19.7 Å². The van der Waals surface area contributed by atoms with Gasteiger partial charge in [-0.3, -0.25) is 4.90 Å². The Morgan fingerprint density at radius 2 is 1.87 bits per heavy atom. The molecule has 0 aliphatic carbocycles. The van der Waals surface area contributed by atoms with Crippen LogP contribution in [-0.4, -0.2) is 41.8 Å². The van der Waals surface area contributed by atoms with E-state index in [1.54, 1.807) is 0 Å². The number of likely N-dealkylation sites (tertiary alicyclic amines) is 1. The van der Waals surface area contributed by atoms with Crippen LogP contribution in [0.4, 0.5) is 0 Å². The van der Waals surface area contributed by atoms with Gasteiger partial charge in [0.05, 0.1) is 6.61 Å². The maximum Gasteiger partial charge on any atom is 0.0601 e. The van der Waals surface area contributed by atoms with E-state index in [0.29, 0.717) is 5.41 Å². The molecule has 15 heavy (non-hydrogen) atoms. The third-order valence-electron chi connectivity index (χ3n) is 3.77. The molecule has 1 rings (SSSR count). The molecule has 0 aromatic carbocycles. The van der Waals surface area contributed by atoms with E-state index in [0.717, 1.165) is 19.5 Å². The van der Waals surface area contributed by atoms with Gasteiger partial charge in [-0.05, 0) is 37.8 Å². The van der Waals surface area contributed by atoms with Crippen LogP contribution in [0.3, 0.4) is 0 Å². The molecule has 0 amide bonds. The van der Waals surface area contributed by atoms with Gasteiger partial charge in [-0.25, -0.2) is 0 Å². The van der Waals surface area contributed by atoms with E-state index in [2.05, 4.69) is 25.7 Å². The maximum atomic E-state index is 9.39. The standard InChI is InChI=1S/C12H26N2O/c1-4-10(13)11(9-15)14-7-5-12(2,3)6-8-14/h10-11,15H,4-9,13H2,1-3H3. The van der Waals surface area contributed by atoms with Gasteiger partial charge in [-0.15, -0.1) is 0 Å². The van der Waals surface area contributed by atoms with Crippen LogP contribution in [0, 0.1) is 5.41 Å². The molecule has 0 aromatic rings. The van der Waals surface area contributed by atoms with E-state index >= 15 is 0 Å². The van der Waals surface area contributed by atoms with E-state index in [-0.39, 0.29) is 18.7 Å². The van der Waals surface area contributed by atoms with Crippen molar-refractivity contribution < 1.29 is 5.11 Å². The molecule has 90 valence electrons.